The minimum atomic E-state index is -3.57. The maximum absolute atomic E-state index is 12.8. The summed E-state index contributed by atoms with van der Waals surface area (Å²) >= 11 is 7.21. The van der Waals surface area contributed by atoms with Gasteiger partial charge in [0.2, 0.25) is 0 Å². The Morgan fingerprint density at radius 3 is 2.65 bits per heavy atom. The standard InChI is InChI=1S/C20H16ClN3O5S2/c21-18-11-16(24(26)27)5-6-17(18)20(25)22-15-4-3-13-7-8-23(12-14(13)10-15)31(28,29)19-2-1-9-30-19/h1-6,9-11H,7-8,12H2,(H,22,25). The summed E-state index contributed by atoms with van der Waals surface area (Å²) in [4.78, 5) is 22.8. The molecule has 2 aromatic carbocycles. The maximum Gasteiger partial charge on any atom is 0.270 e. The predicted molar refractivity (Wildman–Crippen MR) is 118 cm³/mol. The Balaban J connectivity index is 1.54. The quantitative estimate of drug-likeness (QED) is 0.435. The molecule has 0 radical (unpaired) electrons. The fourth-order valence-corrected chi connectivity index (χ4v) is 6.18. The lowest BCUT2D eigenvalue weighted by molar-refractivity contribution is -0.384. The number of hydrogen-bond donors (Lipinski definition) is 1. The number of thiophene rings is 1. The van der Waals surface area contributed by atoms with E-state index in [1.807, 2.05) is 6.07 Å². The summed E-state index contributed by atoms with van der Waals surface area (Å²) in [5.41, 5.74) is 2.20. The summed E-state index contributed by atoms with van der Waals surface area (Å²) in [6.45, 7) is 0.592. The van der Waals surface area contributed by atoms with E-state index in [-0.39, 0.29) is 22.8 Å². The van der Waals surface area contributed by atoms with E-state index in [9.17, 15) is 23.3 Å². The molecule has 0 spiro atoms. The average Bonchev–Trinajstić information content (AvgIpc) is 3.29. The zero-order valence-electron chi connectivity index (χ0n) is 15.9. The highest BCUT2D eigenvalue weighted by Gasteiger charge is 2.29. The molecule has 0 saturated heterocycles. The molecule has 31 heavy (non-hydrogen) atoms. The minimum Gasteiger partial charge on any atom is -0.322 e. The molecule has 160 valence electrons. The molecular formula is C20H16ClN3O5S2. The molecule has 8 nitrogen and oxygen atoms in total. The number of benzene rings is 2. The molecule has 3 aromatic rings. The molecule has 0 fully saturated rings. The smallest absolute Gasteiger partial charge is 0.270 e. The van der Waals surface area contributed by atoms with Crippen molar-refractivity contribution in [2.24, 2.45) is 0 Å². The van der Waals surface area contributed by atoms with Gasteiger partial charge in [0.15, 0.2) is 0 Å². The largest absolute Gasteiger partial charge is 0.322 e. The van der Waals surface area contributed by atoms with E-state index >= 15 is 0 Å². The third kappa shape index (κ3) is 4.33. The molecule has 0 aliphatic carbocycles. The number of carbonyl (C=O) groups excluding carboxylic acids is 1. The first-order valence-corrected chi connectivity index (χ1v) is 11.9. The Hall–Kier alpha value is -2.79. The number of nitrogens with one attached hydrogen (secondary N) is 1. The van der Waals surface area contributed by atoms with E-state index in [0.717, 1.165) is 17.2 Å². The van der Waals surface area contributed by atoms with Crippen molar-refractivity contribution in [2.75, 3.05) is 11.9 Å². The van der Waals surface area contributed by atoms with Gasteiger partial charge < -0.3 is 5.32 Å². The van der Waals surface area contributed by atoms with Crippen molar-refractivity contribution in [2.45, 2.75) is 17.2 Å². The predicted octanol–water partition coefficient (Wildman–Crippen LogP) is 4.31. The summed E-state index contributed by atoms with van der Waals surface area (Å²) < 4.78 is 27.4. The molecular weight excluding hydrogens is 462 g/mol. The van der Waals surface area contributed by atoms with Crippen LogP contribution in [0.5, 0.6) is 0 Å². The van der Waals surface area contributed by atoms with E-state index in [0.29, 0.717) is 22.9 Å². The summed E-state index contributed by atoms with van der Waals surface area (Å²) in [5, 5.41) is 15.2. The van der Waals surface area contributed by atoms with Crippen LogP contribution < -0.4 is 5.32 Å². The van der Waals surface area contributed by atoms with Crippen molar-refractivity contribution in [1.82, 2.24) is 4.31 Å². The lowest BCUT2D eigenvalue weighted by atomic mass is 10.0. The van der Waals surface area contributed by atoms with Crippen LogP contribution in [0.4, 0.5) is 11.4 Å². The molecule has 0 bridgehead atoms. The van der Waals surface area contributed by atoms with Gasteiger partial charge in [0.25, 0.3) is 21.6 Å². The summed E-state index contributed by atoms with van der Waals surface area (Å²) in [5.74, 6) is -0.515. The van der Waals surface area contributed by atoms with Gasteiger partial charge >= 0.3 is 0 Å². The van der Waals surface area contributed by atoms with Crippen molar-refractivity contribution < 1.29 is 18.1 Å². The summed E-state index contributed by atoms with van der Waals surface area (Å²) in [7, 11) is -3.57. The third-order valence-corrected chi connectivity index (χ3v) is 8.47. The first-order valence-electron chi connectivity index (χ1n) is 9.16. The van der Waals surface area contributed by atoms with Crippen molar-refractivity contribution in [3.8, 4) is 0 Å². The Bertz CT molecular complexity index is 1280. The maximum atomic E-state index is 12.8. The van der Waals surface area contributed by atoms with Crippen LogP contribution in [0.15, 0.2) is 58.1 Å². The average molecular weight is 478 g/mol. The minimum absolute atomic E-state index is 0.0297. The van der Waals surface area contributed by atoms with Crippen LogP contribution in [0.3, 0.4) is 0 Å². The molecule has 2 heterocycles. The highest BCUT2D eigenvalue weighted by molar-refractivity contribution is 7.91. The Kier molecular flexibility index (Phi) is 5.80. The molecule has 1 aliphatic rings. The fraction of sp³-hybridized carbons (Fsp3) is 0.150. The molecule has 1 aromatic heterocycles. The van der Waals surface area contributed by atoms with Gasteiger partial charge in [0, 0.05) is 30.9 Å². The number of sulfonamides is 1. The molecule has 0 saturated carbocycles. The number of nitro benzene ring substituents is 1. The van der Waals surface area contributed by atoms with Crippen LogP contribution in [-0.4, -0.2) is 30.1 Å². The number of anilines is 1. The number of hydrogen-bond acceptors (Lipinski definition) is 6. The highest BCUT2D eigenvalue weighted by Crippen LogP contribution is 2.29. The zero-order chi connectivity index (χ0) is 22.2. The van der Waals surface area contributed by atoms with Crippen LogP contribution in [0.2, 0.25) is 5.02 Å². The van der Waals surface area contributed by atoms with E-state index in [2.05, 4.69) is 5.32 Å². The second kappa shape index (κ2) is 8.39. The summed E-state index contributed by atoms with van der Waals surface area (Å²) in [6, 6.07) is 12.2. The number of carbonyl (C=O) groups is 1. The van der Waals surface area contributed by atoms with Gasteiger partial charge in [0.1, 0.15) is 4.21 Å². The van der Waals surface area contributed by atoms with Crippen molar-refractivity contribution in [3.63, 3.8) is 0 Å². The Labute approximate surface area is 187 Å². The van der Waals surface area contributed by atoms with Gasteiger partial charge in [-0.3, -0.25) is 14.9 Å². The van der Waals surface area contributed by atoms with Crippen LogP contribution in [-0.2, 0) is 23.0 Å². The second-order valence-electron chi connectivity index (χ2n) is 6.88. The van der Waals surface area contributed by atoms with E-state index in [1.54, 1.807) is 29.6 Å². The number of nitrogens with zero attached hydrogens (tertiary/aromatic N) is 2. The fourth-order valence-electron chi connectivity index (χ4n) is 3.35. The van der Waals surface area contributed by atoms with Crippen LogP contribution in [0.1, 0.15) is 21.5 Å². The first-order chi connectivity index (χ1) is 14.8. The number of nitro groups is 1. The topological polar surface area (TPSA) is 110 Å². The number of fused-ring (bicyclic) bond motifs is 1. The van der Waals surface area contributed by atoms with Crippen LogP contribution in [0, 0.1) is 10.1 Å². The molecule has 4 rings (SSSR count). The Morgan fingerprint density at radius 2 is 1.97 bits per heavy atom. The second-order valence-corrected chi connectivity index (χ2v) is 10.4. The zero-order valence-corrected chi connectivity index (χ0v) is 18.3. The van der Waals surface area contributed by atoms with Gasteiger partial charge in [-0.05, 0) is 47.2 Å². The van der Waals surface area contributed by atoms with Crippen molar-refractivity contribution in [1.29, 1.82) is 0 Å². The SMILES string of the molecule is O=C(Nc1ccc2c(c1)CN(S(=O)(=O)c1cccs1)CC2)c1ccc([N+](=O)[O-])cc1Cl. The Morgan fingerprint density at radius 1 is 1.16 bits per heavy atom. The van der Waals surface area contributed by atoms with Gasteiger partial charge in [-0.25, -0.2) is 8.42 Å². The van der Waals surface area contributed by atoms with Crippen LogP contribution in [0.25, 0.3) is 0 Å². The monoisotopic (exact) mass is 477 g/mol. The molecule has 0 unspecified atom stereocenters. The molecule has 1 N–H and O–H groups in total. The van der Waals surface area contributed by atoms with E-state index in [1.165, 1.54) is 27.8 Å². The van der Waals surface area contributed by atoms with Crippen molar-refractivity contribution in [3.05, 3.63) is 85.7 Å². The van der Waals surface area contributed by atoms with E-state index < -0.39 is 20.9 Å². The molecule has 0 atom stereocenters. The summed E-state index contributed by atoms with van der Waals surface area (Å²) in [6.07, 6.45) is 0.572. The van der Waals surface area contributed by atoms with Gasteiger partial charge in [-0.15, -0.1) is 11.3 Å². The van der Waals surface area contributed by atoms with Gasteiger partial charge in [0.05, 0.1) is 15.5 Å². The first kappa shape index (κ1) is 21.4. The van der Waals surface area contributed by atoms with Crippen LogP contribution >= 0.6 is 22.9 Å². The lowest BCUT2D eigenvalue weighted by Crippen LogP contribution is -2.35. The lowest BCUT2D eigenvalue weighted by Gasteiger charge is -2.28. The van der Waals surface area contributed by atoms with Crippen molar-refractivity contribution >= 4 is 50.2 Å². The molecule has 1 aliphatic heterocycles. The number of non-ortho nitro benzene ring substituents is 1. The third-order valence-electron chi connectivity index (χ3n) is 4.94. The van der Waals surface area contributed by atoms with Gasteiger partial charge in [-0.1, -0.05) is 23.7 Å². The molecule has 1 amide bonds. The molecule has 11 heteroatoms. The van der Waals surface area contributed by atoms with Gasteiger partial charge in [-0.2, -0.15) is 4.31 Å². The van der Waals surface area contributed by atoms with E-state index in [4.69, 9.17) is 11.6 Å². The highest BCUT2D eigenvalue weighted by atomic mass is 35.5. The number of amides is 1. The number of rotatable bonds is 5. The number of halogens is 1. The normalized spacial score (nSPS) is 14.1.